The number of aryl methyl sites for hydroxylation is 1. The first kappa shape index (κ1) is 18.9. The molecule has 1 fully saturated rings. The number of anilines is 1. The Hall–Kier alpha value is -3.49. The Bertz CT molecular complexity index is 996. The van der Waals surface area contributed by atoms with Gasteiger partial charge in [0.25, 0.3) is 5.91 Å². The summed E-state index contributed by atoms with van der Waals surface area (Å²) >= 11 is 0. The summed E-state index contributed by atoms with van der Waals surface area (Å²) in [6.45, 7) is 0. The molecule has 0 aromatic carbocycles. The number of rotatable bonds is 6. The average molecular weight is 393 g/mol. The molecule has 3 N–H and O–H groups in total. The summed E-state index contributed by atoms with van der Waals surface area (Å²) in [5.41, 5.74) is 7.50. The van der Waals surface area contributed by atoms with Gasteiger partial charge < -0.3 is 15.8 Å². The van der Waals surface area contributed by atoms with Gasteiger partial charge >= 0.3 is 0 Å². The zero-order chi connectivity index (χ0) is 20.2. The minimum atomic E-state index is -0.533. The van der Waals surface area contributed by atoms with E-state index in [0.717, 1.165) is 36.9 Å². The number of nitrogens with zero attached hydrogens (tertiary/aromatic N) is 5. The van der Waals surface area contributed by atoms with Crippen molar-refractivity contribution in [3.8, 4) is 17.1 Å². The van der Waals surface area contributed by atoms with Gasteiger partial charge in [0.1, 0.15) is 11.7 Å². The van der Waals surface area contributed by atoms with E-state index < -0.39 is 5.91 Å². The molecule has 0 spiro atoms. The molecule has 4 rings (SSSR count). The summed E-state index contributed by atoms with van der Waals surface area (Å²) in [6.07, 6.45) is 10.6. The van der Waals surface area contributed by atoms with E-state index in [-0.39, 0.29) is 12.1 Å². The normalized spacial score (nSPS) is 18.9. The van der Waals surface area contributed by atoms with Crippen LogP contribution in [0, 0.1) is 0 Å². The number of carbonyl (C=O) groups excluding carboxylic acids is 1. The average Bonchev–Trinajstić information content (AvgIpc) is 3.16. The lowest BCUT2D eigenvalue weighted by Gasteiger charge is -2.29. The molecule has 1 amide bonds. The second kappa shape index (κ2) is 8.26. The maximum atomic E-state index is 11.5. The van der Waals surface area contributed by atoms with Crippen LogP contribution in [0.25, 0.3) is 11.3 Å². The number of aromatic nitrogens is 5. The van der Waals surface area contributed by atoms with E-state index in [9.17, 15) is 4.79 Å². The molecule has 0 unspecified atom stereocenters. The Labute approximate surface area is 168 Å². The zero-order valence-corrected chi connectivity index (χ0v) is 16.2. The SMILES string of the molecule is Cn1cc(-c2ccnc(N[C@H]3CC[C@H](Oc4ncccc4C(N)=O)CC3)n2)cn1. The first-order valence-electron chi connectivity index (χ1n) is 9.58. The molecule has 0 aliphatic heterocycles. The molecule has 1 saturated carbocycles. The molecule has 3 heterocycles. The van der Waals surface area contributed by atoms with Crippen molar-refractivity contribution in [2.75, 3.05) is 5.32 Å². The molecule has 3 aromatic heterocycles. The molecule has 3 aromatic rings. The maximum absolute atomic E-state index is 11.5. The summed E-state index contributed by atoms with van der Waals surface area (Å²) < 4.78 is 7.69. The first-order valence-corrected chi connectivity index (χ1v) is 9.58. The van der Waals surface area contributed by atoms with E-state index >= 15 is 0 Å². The number of hydrogen-bond donors (Lipinski definition) is 2. The van der Waals surface area contributed by atoms with Gasteiger partial charge in [-0.3, -0.25) is 9.48 Å². The highest BCUT2D eigenvalue weighted by Crippen LogP contribution is 2.26. The van der Waals surface area contributed by atoms with Crippen LogP contribution in [-0.2, 0) is 7.05 Å². The van der Waals surface area contributed by atoms with E-state index in [1.54, 1.807) is 35.4 Å². The lowest BCUT2D eigenvalue weighted by Crippen LogP contribution is -2.32. The molecule has 1 aliphatic carbocycles. The number of hydrogen-bond acceptors (Lipinski definition) is 7. The van der Waals surface area contributed by atoms with Crippen LogP contribution in [0.2, 0.25) is 0 Å². The molecule has 1 aliphatic rings. The fourth-order valence-electron chi connectivity index (χ4n) is 3.48. The molecule has 9 nitrogen and oxygen atoms in total. The fraction of sp³-hybridized carbons (Fsp3) is 0.350. The first-order chi connectivity index (χ1) is 14.1. The Morgan fingerprint density at radius 1 is 1.21 bits per heavy atom. The summed E-state index contributed by atoms with van der Waals surface area (Å²) in [5.74, 6) is 0.384. The number of pyridine rings is 1. The Morgan fingerprint density at radius 2 is 2.03 bits per heavy atom. The third-order valence-electron chi connectivity index (χ3n) is 4.98. The number of nitrogens with one attached hydrogen (secondary N) is 1. The van der Waals surface area contributed by atoms with Gasteiger partial charge in [-0.1, -0.05) is 0 Å². The zero-order valence-electron chi connectivity index (χ0n) is 16.2. The van der Waals surface area contributed by atoms with Crippen LogP contribution >= 0.6 is 0 Å². The van der Waals surface area contributed by atoms with Gasteiger partial charge in [0, 0.05) is 37.2 Å². The van der Waals surface area contributed by atoms with Crippen LogP contribution < -0.4 is 15.8 Å². The van der Waals surface area contributed by atoms with Gasteiger partial charge in [0.2, 0.25) is 11.8 Å². The summed E-state index contributed by atoms with van der Waals surface area (Å²) in [6, 6.07) is 5.44. The van der Waals surface area contributed by atoms with Crippen LogP contribution in [-0.4, -0.2) is 42.8 Å². The minimum Gasteiger partial charge on any atom is -0.474 e. The van der Waals surface area contributed by atoms with Crippen LogP contribution in [0.4, 0.5) is 5.95 Å². The van der Waals surface area contributed by atoms with E-state index in [1.807, 2.05) is 19.3 Å². The van der Waals surface area contributed by atoms with Crippen molar-refractivity contribution in [3.63, 3.8) is 0 Å². The number of carbonyl (C=O) groups is 1. The number of amides is 1. The van der Waals surface area contributed by atoms with Gasteiger partial charge in [-0.25, -0.2) is 15.0 Å². The van der Waals surface area contributed by atoms with E-state index in [1.165, 1.54) is 0 Å². The van der Waals surface area contributed by atoms with Gasteiger partial charge in [-0.2, -0.15) is 5.10 Å². The largest absolute Gasteiger partial charge is 0.474 e. The van der Waals surface area contributed by atoms with Crippen molar-refractivity contribution in [1.29, 1.82) is 0 Å². The van der Waals surface area contributed by atoms with Crippen LogP contribution in [0.3, 0.4) is 0 Å². The van der Waals surface area contributed by atoms with Crippen molar-refractivity contribution in [2.24, 2.45) is 12.8 Å². The number of primary amides is 1. The molecule has 9 heteroatoms. The monoisotopic (exact) mass is 393 g/mol. The van der Waals surface area contributed by atoms with Crippen molar-refractivity contribution < 1.29 is 9.53 Å². The predicted molar refractivity (Wildman–Crippen MR) is 107 cm³/mol. The quantitative estimate of drug-likeness (QED) is 0.658. The van der Waals surface area contributed by atoms with Gasteiger partial charge in [-0.05, 0) is 43.9 Å². The standard InChI is InChI=1S/C20H23N7O2/c1-27-12-13(11-24-27)17-8-10-23-20(26-17)25-14-4-6-15(7-5-14)29-19-16(18(21)28)3-2-9-22-19/h2-3,8-12,14-15H,4-7H2,1H3,(H2,21,28)(H,23,25,26)/t14-,15-. The lowest BCUT2D eigenvalue weighted by atomic mass is 9.93. The van der Waals surface area contributed by atoms with E-state index in [0.29, 0.717) is 17.4 Å². The Balaban J connectivity index is 1.34. The van der Waals surface area contributed by atoms with Crippen molar-refractivity contribution in [3.05, 3.63) is 48.5 Å². The van der Waals surface area contributed by atoms with Gasteiger partial charge in [0.15, 0.2) is 0 Å². The van der Waals surface area contributed by atoms with Gasteiger partial charge in [0.05, 0.1) is 11.9 Å². The lowest BCUT2D eigenvalue weighted by molar-refractivity contribution is 0.0983. The van der Waals surface area contributed by atoms with Crippen LogP contribution in [0.5, 0.6) is 5.88 Å². The highest BCUT2D eigenvalue weighted by atomic mass is 16.5. The van der Waals surface area contributed by atoms with Crippen molar-refractivity contribution in [2.45, 2.75) is 37.8 Å². The second-order valence-electron chi connectivity index (χ2n) is 7.12. The molecule has 0 bridgehead atoms. The van der Waals surface area contributed by atoms with E-state index in [4.69, 9.17) is 10.5 Å². The third-order valence-corrected chi connectivity index (χ3v) is 4.98. The molecule has 150 valence electrons. The highest BCUT2D eigenvalue weighted by Gasteiger charge is 2.24. The van der Waals surface area contributed by atoms with Crippen LogP contribution in [0.15, 0.2) is 43.0 Å². The number of ether oxygens (including phenoxy) is 1. The van der Waals surface area contributed by atoms with Crippen molar-refractivity contribution in [1.82, 2.24) is 24.7 Å². The molecular formula is C20H23N7O2. The molecule has 0 radical (unpaired) electrons. The van der Waals surface area contributed by atoms with E-state index in [2.05, 4.69) is 25.4 Å². The molecule has 29 heavy (non-hydrogen) atoms. The molecular weight excluding hydrogens is 370 g/mol. The fourth-order valence-corrected chi connectivity index (χ4v) is 3.48. The summed E-state index contributed by atoms with van der Waals surface area (Å²) in [7, 11) is 1.88. The highest BCUT2D eigenvalue weighted by molar-refractivity contribution is 5.94. The summed E-state index contributed by atoms with van der Waals surface area (Å²) in [4.78, 5) is 24.6. The van der Waals surface area contributed by atoms with Crippen LogP contribution in [0.1, 0.15) is 36.0 Å². The molecule has 0 saturated heterocycles. The second-order valence-corrected chi connectivity index (χ2v) is 7.12. The Morgan fingerprint density at radius 3 is 2.76 bits per heavy atom. The molecule has 0 atom stereocenters. The minimum absolute atomic E-state index is 0.00342. The topological polar surface area (TPSA) is 121 Å². The summed E-state index contributed by atoms with van der Waals surface area (Å²) in [5, 5.41) is 7.60. The predicted octanol–water partition coefficient (Wildman–Crippen LogP) is 2.17. The number of nitrogens with two attached hydrogens (primary N) is 1. The smallest absolute Gasteiger partial charge is 0.254 e. The maximum Gasteiger partial charge on any atom is 0.254 e. The van der Waals surface area contributed by atoms with Gasteiger partial charge in [-0.15, -0.1) is 0 Å². The van der Waals surface area contributed by atoms with Crippen molar-refractivity contribution >= 4 is 11.9 Å². The Kier molecular flexibility index (Phi) is 5.37. The third kappa shape index (κ3) is 4.50.